The number of nitrogens with one attached hydrogen (secondary N) is 2. The third-order valence-electron chi connectivity index (χ3n) is 3.46. The lowest BCUT2D eigenvalue weighted by Crippen LogP contribution is -2.50. The molecule has 0 radical (unpaired) electrons. The molecular formula is C16H23N3O5S2. The number of amides is 1. The van der Waals surface area contributed by atoms with Crippen molar-refractivity contribution in [1.82, 2.24) is 10.0 Å². The molecule has 8 nitrogen and oxygen atoms in total. The maximum Gasteiger partial charge on any atom is 0.241 e. The van der Waals surface area contributed by atoms with E-state index >= 15 is 0 Å². The summed E-state index contributed by atoms with van der Waals surface area (Å²) in [5.74, 6) is -1.60. The molecule has 1 unspecified atom stereocenters. The van der Waals surface area contributed by atoms with Crippen molar-refractivity contribution in [2.24, 2.45) is 0 Å². The van der Waals surface area contributed by atoms with Crippen molar-refractivity contribution in [1.29, 1.82) is 5.26 Å². The normalized spacial score (nSPS) is 13.7. The van der Waals surface area contributed by atoms with E-state index in [1.807, 2.05) is 20.8 Å². The summed E-state index contributed by atoms with van der Waals surface area (Å²) >= 11 is 0. The highest BCUT2D eigenvalue weighted by Gasteiger charge is 2.29. The average Bonchev–Trinajstić information content (AvgIpc) is 2.49. The Hall–Kier alpha value is -1.96. The van der Waals surface area contributed by atoms with Crippen LogP contribution in [-0.4, -0.2) is 47.3 Å². The van der Waals surface area contributed by atoms with Crippen LogP contribution < -0.4 is 10.0 Å². The van der Waals surface area contributed by atoms with E-state index in [0.717, 1.165) is 11.8 Å². The van der Waals surface area contributed by atoms with Gasteiger partial charge in [-0.05, 0) is 23.1 Å². The van der Waals surface area contributed by atoms with Crippen molar-refractivity contribution >= 4 is 25.8 Å². The van der Waals surface area contributed by atoms with Gasteiger partial charge in [-0.15, -0.1) is 0 Å². The fourth-order valence-corrected chi connectivity index (χ4v) is 4.25. The van der Waals surface area contributed by atoms with Crippen molar-refractivity contribution in [3.63, 3.8) is 0 Å². The summed E-state index contributed by atoms with van der Waals surface area (Å²) in [5.41, 5.74) is 0.766. The van der Waals surface area contributed by atoms with Gasteiger partial charge >= 0.3 is 0 Å². The zero-order valence-electron chi connectivity index (χ0n) is 15.1. The number of hydrogen-bond donors (Lipinski definition) is 2. The molecule has 26 heavy (non-hydrogen) atoms. The molecule has 0 saturated heterocycles. The number of sulfonamides is 1. The first-order chi connectivity index (χ1) is 11.8. The molecule has 0 aromatic heterocycles. The molecule has 0 spiro atoms. The molecule has 0 bridgehead atoms. The second-order valence-electron chi connectivity index (χ2n) is 6.92. The SMILES string of the molecule is CC(C)(C)c1ccc(S(=O)(=O)NC(CS(C)(=O)=O)C(=O)NCC#N)cc1. The maximum atomic E-state index is 12.5. The van der Waals surface area contributed by atoms with E-state index in [9.17, 15) is 21.6 Å². The molecular weight excluding hydrogens is 378 g/mol. The molecule has 1 atom stereocenters. The molecule has 1 aromatic carbocycles. The van der Waals surface area contributed by atoms with Gasteiger partial charge in [0.1, 0.15) is 22.4 Å². The summed E-state index contributed by atoms with van der Waals surface area (Å²) in [6.07, 6.45) is 0.893. The van der Waals surface area contributed by atoms with Crippen molar-refractivity contribution in [3.8, 4) is 6.07 Å². The Morgan fingerprint density at radius 3 is 2.12 bits per heavy atom. The molecule has 0 fully saturated rings. The van der Waals surface area contributed by atoms with Gasteiger partial charge in [0.25, 0.3) is 0 Å². The Balaban J connectivity index is 3.11. The lowest BCUT2D eigenvalue weighted by atomic mass is 9.87. The van der Waals surface area contributed by atoms with E-state index in [2.05, 4.69) is 10.0 Å². The van der Waals surface area contributed by atoms with Crippen LogP contribution in [0.3, 0.4) is 0 Å². The van der Waals surface area contributed by atoms with Gasteiger partial charge in [-0.25, -0.2) is 16.8 Å². The average molecular weight is 402 g/mol. The largest absolute Gasteiger partial charge is 0.342 e. The highest BCUT2D eigenvalue weighted by atomic mass is 32.2. The lowest BCUT2D eigenvalue weighted by Gasteiger charge is -2.20. The van der Waals surface area contributed by atoms with E-state index in [-0.39, 0.29) is 16.9 Å². The third kappa shape index (κ3) is 6.74. The minimum absolute atomic E-state index is 0.0860. The van der Waals surface area contributed by atoms with Gasteiger partial charge < -0.3 is 5.32 Å². The Labute approximate surface area is 154 Å². The molecule has 0 aliphatic heterocycles. The van der Waals surface area contributed by atoms with Crippen molar-refractivity contribution in [2.75, 3.05) is 18.6 Å². The van der Waals surface area contributed by atoms with Gasteiger partial charge in [0.2, 0.25) is 15.9 Å². The van der Waals surface area contributed by atoms with E-state index in [0.29, 0.717) is 0 Å². The number of carbonyl (C=O) groups is 1. The highest BCUT2D eigenvalue weighted by molar-refractivity contribution is 7.91. The molecule has 1 amide bonds. The number of nitrogens with zero attached hydrogens (tertiary/aromatic N) is 1. The smallest absolute Gasteiger partial charge is 0.241 e. The molecule has 2 N–H and O–H groups in total. The second kappa shape index (κ2) is 8.16. The predicted molar refractivity (Wildman–Crippen MR) is 97.6 cm³/mol. The molecule has 0 saturated carbocycles. The summed E-state index contributed by atoms with van der Waals surface area (Å²) in [6.45, 7) is 5.59. The Kier molecular flexibility index (Phi) is 6.93. The van der Waals surface area contributed by atoms with Crippen LogP contribution in [0.1, 0.15) is 26.3 Å². The van der Waals surface area contributed by atoms with Gasteiger partial charge in [0.05, 0.1) is 16.7 Å². The monoisotopic (exact) mass is 401 g/mol. The molecule has 10 heteroatoms. The molecule has 0 aliphatic rings. The maximum absolute atomic E-state index is 12.5. The fraction of sp³-hybridized carbons (Fsp3) is 0.500. The Bertz CT molecular complexity index is 893. The van der Waals surface area contributed by atoms with E-state index in [1.165, 1.54) is 12.1 Å². The minimum atomic E-state index is -4.12. The van der Waals surface area contributed by atoms with Crippen LogP contribution in [0.15, 0.2) is 29.2 Å². The second-order valence-corrected chi connectivity index (χ2v) is 10.8. The predicted octanol–water partition coefficient (Wildman–Crippen LogP) is 0.315. The first-order valence-electron chi connectivity index (χ1n) is 7.71. The van der Waals surface area contributed by atoms with Crippen LogP contribution in [-0.2, 0) is 30.1 Å². The molecule has 0 aliphatic carbocycles. The molecule has 1 aromatic rings. The van der Waals surface area contributed by atoms with E-state index in [1.54, 1.807) is 18.2 Å². The van der Waals surface area contributed by atoms with Crippen LogP contribution in [0.2, 0.25) is 0 Å². The summed E-state index contributed by atoms with van der Waals surface area (Å²) in [6, 6.07) is 6.25. The first-order valence-corrected chi connectivity index (χ1v) is 11.3. The van der Waals surface area contributed by atoms with Gasteiger partial charge in [-0.1, -0.05) is 32.9 Å². The minimum Gasteiger partial charge on any atom is -0.342 e. The van der Waals surface area contributed by atoms with Crippen molar-refractivity contribution < 1.29 is 21.6 Å². The summed E-state index contributed by atoms with van der Waals surface area (Å²) in [5, 5.41) is 10.7. The lowest BCUT2D eigenvalue weighted by molar-refractivity contribution is -0.122. The van der Waals surface area contributed by atoms with Gasteiger partial charge in [0, 0.05) is 6.26 Å². The number of benzene rings is 1. The van der Waals surface area contributed by atoms with Gasteiger partial charge in [-0.3, -0.25) is 4.79 Å². The topological polar surface area (TPSA) is 133 Å². The highest BCUT2D eigenvalue weighted by Crippen LogP contribution is 2.23. The van der Waals surface area contributed by atoms with Crippen LogP contribution in [0.5, 0.6) is 0 Å². The zero-order chi connectivity index (χ0) is 20.2. The third-order valence-corrected chi connectivity index (χ3v) is 5.88. The summed E-state index contributed by atoms with van der Waals surface area (Å²) in [7, 11) is -7.77. The van der Waals surface area contributed by atoms with Gasteiger partial charge in [-0.2, -0.15) is 9.98 Å². The van der Waals surface area contributed by atoms with Crippen molar-refractivity contribution in [3.05, 3.63) is 29.8 Å². The molecule has 0 heterocycles. The Morgan fingerprint density at radius 1 is 1.15 bits per heavy atom. The molecule has 1 rings (SSSR count). The van der Waals surface area contributed by atoms with E-state index < -0.39 is 37.6 Å². The van der Waals surface area contributed by atoms with Crippen LogP contribution in [0.25, 0.3) is 0 Å². The summed E-state index contributed by atoms with van der Waals surface area (Å²) in [4.78, 5) is 11.9. The van der Waals surface area contributed by atoms with Crippen LogP contribution >= 0.6 is 0 Å². The zero-order valence-corrected chi connectivity index (χ0v) is 16.7. The Morgan fingerprint density at radius 2 is 1.69 bits per heavy atom. The molecule has 144 valence electrons. The number of nitriles is 1. The quantitative estimate of drug-likeness (QED) is 0.632. The first kappa shape index (κ1) is 22.1. The number of carbonyl (C=O) groups excluding carboxylic acids is 1. The van der Waals surface area contributed by atoms with Gasteiger partial charge in [0.15, 0.2) is 0 Å². The number of rotatable bonds is 7. The van der Waals surface area contributed by atoms with Crippen LogP contribution in [0, 0.1) is 11.3 Å². The van der Waals surface area contributed by atoms with Crippen molar-refractivity contribution in [2.45, 2.75) is 37.1 Å². The standard InChI is InChI=1S/C16H23N3O5S2/c1-16(2,3)12-5-7-13(8-6-12)26(23,24)19-14(11-25(4,21)22)15(20)18-10-9-17/h5-8,14,19H,10-11H2,1-4H3,(H,18,20). The number of hydrogen-bond acceptors (Lipinski definition) is 6. The summed E-state index contributed by atoms with van der Waals surface area (Å²) < 4.78 is 50.2. The number of sulfone groups is 1. The van der Waals surface area contributed by atoms with Crippen LogP contribution in [0.4, 0.5) is 0 Å². The van der Waals surface area contributed by atoms with E-state index in [4.69, 9.17) is 5.26 Å². The fourth-order valence-electron chi connectivity index (χ4n) is 2.11.